The monoisotopic (exact) mass is 478 g/mol. The molecule has 3 rings (SSSR count). The second kappa shape index (κ2) is 9.84. The third kappa shape index (κ3) is 5.48. The molecular formula is C24H20F4NO3S-. The summed E-state index contributed by atoms with van der Waals surface area (Å²) in [5.74, 6) is -0.429. The van der Waals surface area contributed by atoms with E-state index in [9.17, 15) is 26.7 Å². The van der Waals surface area contributed by atoms with E-state index < -0.39 is 45.2 Å². The first-order chi connectivity index (χ1) is 15.5. The van der Waals surface area contributed by atoms with Gasteiger partial charge in [-0.2, -0.15) is 13.2 Å². The highest BCUT2D eigenvalue weighted by Crippen LogP contribution is 2.47. The van der Waals surface area contributed by atoms with Crippen LogP contribution in [0.4, 0.5) is 23.2 Å². The normalized spacial score (nSPS) is 15.3. The number of alkyl halides is 4. The van der Waals surface area contributed by atoms with Gasteiger partial charge in [-0.1, -0.05) is 66.7 Å². The van der Waals surface area contributed by atoms with Crippen LogP contribution < -0.4 is 5.32 Å². The maximum atomic E-state index is 15.3. The van der Waals surface area contributed by atoms with Crippen LogP contribution in [-0.4, -0.2) is 20.8 Å². The van der Waals surface area contributed by atoms with E-state index >= 15 is 4.39 Å². The number of nitrogens with one attached hydrogen (secondary N) is 1. The van der Waals surface area contributed by atoms with Gasteiger partial charge >= 0.3 is 6.18 Å². The number of amides is 1. The molecule has 0 fully saturated rings. The lowest BCUT2D eigenvalue weighted by atomic mass is 9.87. The van der Waals surface area contributed by atoms with Crippen molar-refractivity contribution in [2.75, 3.05) is 5.32 Å². The fourth-order valence-electron chi connectivity index (χ4n) is 3.35. The van der Waals surface area contributed by atoms with E-state index in [4.69, 9.17) is 0 Å². The van der Waals surface area contributed by atoms with Crippen molar-refractivity contribution in [3.05, 3.63) is 101 Å². The molecule has 0 bridgehead atoms. The molecule has 0 saturated carbocycles. The number of benzene rings is 3. The third-order valence-corrected chi connectivity index (χ3v) is 6.08. The molecule has 0 aliphatic rings. The first-order valence-electron chi connectivity index (χ1n) is 9.91. The summed E-state index contributed by atoms with van der Waals surface area (Å²) in [6.07, 6.45) is -5.21. The van der Waals surface area contributed by atoms with Crippen molar-refractivity contribution in [3.8, 4) is 0 Å². The van der Waals surface area contributed by atoms with Crippen LogP contribution >= 0.6 is 0 Å². The zero-order valence-corrected chi connectivity index (χ0v) is 18.3. The summed E-state index contributed by atoms with van der Waals surface area (Å²) in [7, 11) is 0. The minimum Gasteiger partial charge on any atom is -0.772 e. The SMILES string of the molecule is CC(c1ccc(CC(=O)Nc2ccc(C(F)(c3ccccc3)C(F)(F)F)cc2)cc1)S(=O)[O-]. The molecule has 3 aromatic carbocycles. The second-order valence-electron chi connectivity index (χ2n) is 7.47. The Labute approximate surface area is 190 Å². The van der Waals surface area contributed by atoms with Gasteiger partial charge in [0.1, 0.15) is 0 Å². The molecule has 0 heterocycles. The standard InChI is InChI=1S/C24H21F4NO3S/c1-16(33(31)32)18-9-7-17(8-10-18)15-22(30)29-21-13-11-20(12-14-21)23(25,24(26,27)28)19-5-3-2-4-6-19/h2-14,16H,15H2,1H3,(H,29,30)(H,31,32)/p-1. The van der Waals surface area contributed by atoms with Gasteiger partial charge in [-0.05, 0) is 41.3 Å². The summed E-state index contributed by atoms with van der Waals surface area (Å²) in [6.45, 7) is 1.54. The Morgan fingerprint density at radius 2 is 1.45 bits per heavy atom. The molecule has 174 valence electrons. The Kier molecular flexibility index (Phi) is 7.34. The zero-order valence-electron chi connectivity index (χ0n) is 17.4. The molecule has 3 unspecified atom stereocenters. The summed E-state index contributed by atoms with van der Waals surface area (Å²) in [5.41, 5.74) is -3.40. The van der Waals surface area contributed by atoms with Crippen LogP contribution in [0.25, 0.3) is 0 Å². The number of halogens is 4. The third-order valence-electron chi connectivity index (χ3n) is 5.23. The van der Waals surface area contributed by atoms with Gasteiger partial charge in [-0.25, -0.2) is 4.39 Å². The van der Waals surface area contributed by atoms with Crippen molar-refractivity contribution in [2.45, 2.75) is 30.4 Å². The van der Waals surface area contributed by atoms with Crippen molar-refractivity contribution in [3.63, 3.8) is 0 Å². The van der Waals surface area contributed by atoms with E-state index in [0.717, 1.165) is 24.3 Å². The summed E-state index contributed by atoms with van der Waals surface area (Å²) in [5, 5.41) is 1.88. The summed E-state index contributed by atoms with van der Waals surface area (Å²) >= 11 is -2.26. The van der Waals surface area contributed by atoms with Crippen molar-refractivity contribution in [2.24, 2.45) is 0 Å². The molecule has 1 N–H and O–H groups in total. The van der Waals surface area contributed by atoms with Crippen LogP contribution in [-0.2, 0) is 28.0 Å². The summed E-state index contributed by atoms with van der Waals surface area (Å²) < 4.78 is 78.4. The first-order valence-corrected chi connectivity index (χ1v) is 11.0. The van der Waals surface area contributed by atoms with E-state index in [-0.39, 0.29) is 12.1 Å². The van der Waals surface area contributed by atoms with E-state index in [0.29, 0.717) is 11.1 Å². The van der Waals surface area contributed by atoms with Crippen molar-refractivity contribution in [1.29, 1.82) is 0 Å². The highest BCUT2D eigenvalue weighted by Gasteiger charge is 2.58. The molecule has 0 saturated heterocycles. The quantitative estimate of drug-likeness (QED) is 0.356. The summed E-state index contributed by atoms with van der Waals surface area (Å²) in [6, 6.07) is 17.2. The molecule has 4 nitrogen and oxygen atoms in total. The van der Waals surface area contributed by atoms with Crippen LogP contribution in [0.15, 0.2) is 78.9 Å². The van der Waals surface area contributed by atoms with E-state index in [1.54, 1.807) is 24.3 Å². The lowest BCUT2D eigenvalue weighted by Crippen LogP contribution is -2.39. The van der Waals surface area contributed by atoms with E-state index in [2.05, 4.69) is 5.32 Å². The second-order valence-corrected chi connectivity index (χ2v) is 8.70. The average Bonchev–Trinajstić information content (AvgIpc) is 2.78. The fourth-order valence-corrected chi connectivity index (χ4v) is 3.73. The number of hydrogen-bond donors (Lipinski definition) is 1. The first kappa shape index (κ1) is 24.6. The minimum atomic E-state index is -5.18. The van der Waals surface area contributed by atoms with Gasteiger partial charge < -0.3 is 9.87 Å². The number of anilines is 1. The molecule has 0 radical (unpaired) electrons. The smallest absolute Gasteiger partial charge is 0.431 e. The van der Waals surface area contributed by atoms with Gasteiger partial charge in [0, 0.05) is 22.1 Å². The Balaban J connectivity index is 1.72. The Hall–Kier alpha value is -3.04. The molecule has 0 spiro atoms. The molecule has 0 aliphatic carbocycles. The number of rotatable bonds is 7. The topological polar surface area (TPSA) is 69.2 Å². The number of carbonyl (C=O) groups excluding carboxylic acids is 1. The van der Waals surface area contributed by atoms with E-state index in [1.165, 1.54) is 37.3 Å². The van der Waals surface area contributed by atoms with Crippen LogP contribution in [0.2, 0.25) is 0 Å². The number of carbonyl (C=O) groups is 1. The van der Waals surface area contributed by atoms with Crippen molar-refractivity contribution >= 4 is 22.7 Å². The molecule has 33 heavy (non-hydrogen) atoms. The molecule has 3 aromatic rings. The largest absolute Gasteiger partial charge is 0.772 e. The average molecular weight is 478 g/mol. The maximum Gasteiger partial charge on any atom is 0.431 e. The van der Waals surface area contributed by atoms with Gasteiger partial charge in [-0.3, -0.25) is 9.00 Å². The van der Waals surface area contributed by atoms with Crippen LogP contribution in [0.5, 0.6) is 0 Å². The molecular weight excluding hydrogens is 458 g/mol. The highest BCUT2D eigenvalue weighted by atomic mass is 32.2. The van der Waals surface area contributed by atoms with Gasteiger partial charge in [0.05, 0.1) is 6.42 Å². The molecule has 9 heteroatoms. The van der Waals surface area contributed by atoms with Crippen LogP contribution in [0.3, 0.4) is 0 Å². The Morgan fingerprint density at radius 3 is 1.97 bits per heavy atom. The minimum absolute atomic E-state index is 0.0313. The van der Waals surface area contributed by atoms with E-state index in [1.807, 2.05) is 0 Å². The highest BCUT2D eigenvalue weighted by molar-refractivity contribution is 7.79. The van der Waals surface area contributed by atoms with Gasteiger partial charge in [-0.15, -0.1) is 0 Å². The van der Waals surface area contributed by atoms with Gasteiger partial charge in [0.15, 0.2) is 0 Å². The molecule has 0 aliphatic heterocycles. The fraction of sp³-hybridized carbons (Fsp3) is 0.208. The van der Waals surface area contributed by atoms with Crippen LogP contribution in [0.1, 0.15) is 34.4 Å². The molecule has 1 amide bonds. The lowest BCUT2D eigenvalue weighted by Gasteiger charge is -2.29. The molecule has 3 atom stereocenters. The Morgan fingerprint density at radius 1 is 0.909 bits per heavy atom. The lowest BCUT2D eigenvalue weighted by molar-refractivity contribution is -0.219. The predicted molar refractivity (Wildman–Crippen MR) is 117 cm³/mol. The van der Waals surface area contributed by atoms with Crippen molar-refractivity contribution < 1.29 is 31.1 Å². The summed E-state index contributed by atoms with van der Waals surface area (Å²) in [4.78, 5) is 12.3. The molecule has 0 aromatic heterocycles. The Bertz CT molecular complexity index is 1120. The van der Waals surface area contributed by atoms with Gasteiger partial charge in [0.2, 0.25) is 5.91 Å². The van der Waals surface area contributed by atoms with Crippen LogP contribution in [0, 0.1) is 0 Å². The number of hydrogen-bond acceptors (Lipinski definition) is 3. The zero-order chi connectivity index (χ0) is 24.2. The van der Waals surface area contributed by atoms with Crippen molar-refractivity contribution in [1.82, 2.24) is 0 Å². The van der Waals surface area contributed by atoms with Gasteiger partial charge in [0.25, 0.3) is 5.67 Å². The maximum absolute atomic E-state index is 15.3. The predicted octanol–water partition coefficient (Wildman–Crippen LogP) is 5.58.